The zero-order chi connectivity index (χ0) is 14.6. The normalized spacial score (nSPS) is 25.5. The molecule has 6 nitrogen and oxygen atoms in total. The maximum Gasteiger partial charge on any atom is 0.306 e. The highest BCUT2D eigenvalue weighted by molar-refractivity contribution is 8.00. The van der Waals surface area contributed by atoms with Crippen LogP contribution in [0.4, 0.5) is 0 Å². The van der Waals surface area contributed by atoms with Gasteiger partial charge in [0.25, 0.3) is 10.2 Å². The SMILES string of the molecule is COC(=O)CCN(C)S(=O)(=O)N1CC(C)SC(C)C1. The van der Waals surface area contributed by atoms with Crippen molar-refractivity contribution in [3.63, 3.8) is 0 Å². The molecule has 2 unspecified atom stereocenters. The summed E-state index contributed by atoms with van der Waals surface area (Å²) in [5.74, 6) is -0.405. The van der Waals surface area contributed by atoms with E-state index >= 15 is 0 Å². The highest BCUT2D eigenvalue weighted by Gasteiger charge is 2.33. The standard InChI is InChI=1S/C11H22N2O4S2/c1-9-7-13(8-10(2)18-9)19(15,16)12(3)6-5-11(14)17-4/h9-10H,5-8H2,1-4H3. The summed E-state index contributed by atoms with van der Waals surface area (Å²) in [4.78, 5) is 11.1. The molecular formula is C11H22N2O4S2. The molecule has 1 aliphatic heterocycles. The van der Waals surface area contributed by atoms with Gasteiger partial charge in [-0.05, 0) is 0 Å². The maximum absolute atomic E-state index is 12.4. The van der Waals surface area contributed by atoms with E-state index < -0.39 is 16.2 Å². The van der Waals surface area contributed by atoms with Gasteiger partial charge in [-0.15, -0.1) is 0 Å². The Kier molecular flexibility index (Phi) is 6.10. The highest BCUT2D eigenvalue weighted by Crippen LogP contribution is 2.27. The van der Waals surface area contributed by atoms with Crippen molar-refractivity contribution < 1.29 is 17.9 Å². The average molecular weight is 310 g/mol. The van der Waals surface area contributed by atoms with Crippen molar-refractivity contribution in [2.75, 3.05) is 33.8 Å². The van der Waals surface area contributed by atoms with Gasteiger partial charge >= 0.3 is 5.97 Å². The minimum atomic E-state index is -3.49. The molecule has 1 fully saturated rings. The Hall–Kier alpha value is -0.310. The fraction of sp³-hybridized carbons (Fsp3) is 0.909. The molecule has 0 saturated carbocycles. The van der Waals surface area contributed by atoms with Gasteiger partial charge in [0.2, 0.25) is 0 Å². The van der Waals surface area contributed by atoms with Crippen LogP contribution < -0.4 is 0 Å². The van der Waals surface area contributed by atoms with E-state index in [2.05, 4.69) is 4.74 Å². The van der Waals surface area contributed by atoms with E-state index in [1.54, 1.807) is 11.8 Å². The Balaban J connectivity index is 2.65. The first-order chi connectivity index (χ1) is 8.77. The van der Waals surface area contributed by atoms with Crippen LogP contribution in [0.2, 0.25) is 0 Å². The minimum Gasteiger partial charge on any atom is -0.469 e. The van der Waals surface area contributed by atoms with Gasteiger partial charge in [0.05, 0.1) is 13.5 Å². The maximum atomic E-state index is 12.4. The Labute approximate surface area is 119 Å². The van der Waals surface area contributed by atoms with Crippen molar-refractivity contribution >= 4 is 27.9 Å². The first-order valence-electron chi connectivity index (χ1n) is 6.21. The van der Waals surface area contributed by atoms with Gasteiger partial charge in [0, 0.05) is 37.2 Å². The van der Waals surface area contributed by atoms with Crippen LogP contribution in [0, 0.1) is 0 Å². The van der Waals surface area contributed by atoms with Crippen LogP contribution in [0.5, 0.6) is 0 Å². The predicted molar refractivity (Wildman–Crippen MR) is 76.3 cm³/mol. The largest absolute Gasteiger partial charge is 0.469 e. The second-order valence-corrected chi connectivity index (χ2v) is 8.65. The van der Waals surface area contributed by atoms with Crippen molar-refractivity contribution in [3.05, 3.63) is 0 Å². The quantitative estimate of drug-likeness (QED) is 0.694. The first-order valence-corrected chi connectivity index (χ1v) is 8.55. The number of ether oxygens (including phenoxy) is 1. The van der Waals surface area contributed by atoms with E-state index in [1.165, 1.54) is 22.8 Å². The van der Waals surface area contributed by atoms with Gasteiger partial charge in [-0.1, -0.05) is 13.8 Å². The van der Waals surface area contributed by atoms with Gasteiger partial charge < -0.3 is 4.74 Å². The van der Waals surface area contributed by atoms with Crippen LogP contribution in [0.3, 0.4) is 0 Å². The zero-order valence-electron chi connectivity index (χ0n) is 11.8. The Bertz CT molecular complexity index is 403. The zero-order valence-corrected chi connectivity index (χ0v) is 13.5. The molecule has 0 amide bonds. The van der Waals surface area contributed by atoms with Gasteiger partial charge in [-0.2, -0.15) is 28.8 Å². The van der Waals surface area contributed by atoms with Gasteiger partial charge in [-0.25, -0.2) is 0 Å². The highest BCUT2D eigenvalue weighted by atomic mass is 32.2. The Morgan fingerprint density at radius 2 is 1.89 bits per heavy atom. The predicted octanol–water partition coefficient (Wildman–Crippen LogP) is 0.552. The summed E-state index contributed by atoms with van der Waals surface area (Å²) >= 11 is 1.80. The summed E-state index contributed by atoms with van der Waals surface area (Å²) in [7, 11) is -0.697. The molecule has 112 valence electrons. The molecule has 0 N–H and O–H groups in total. The molecular weight excluding hydrogens is 288 g/mol. The van der Waals surface area contributed by atoms with Crippen LogP contribution in [0.25, 0.3) is 0 Å². The molecule has 1 heterocycles. The van der Waals surface area contributed by atoms with E-state index in [1.807, 2.05) is 13.8 Å². The number of esters is 1. The minimum absolute atomic E-state index is 0.0694. The van der Waals surface area contributed by atoms with Gasteiger partial charge in [0.15, 0.2) is 0 Å². The molecule has 8 heteroatoms. The summed E-state index contributed by atoms with van der Waals surface area (Å²) in [5, 5.41) is 0.570. The molecule has 1 rings (SSSR count). The van der Waals surface area contributed by atoms with Crippen LogP contribution in [0.1, 0.15) is 20.3 Å². The lowest BCUT2D eigenvalue weighted by Gasteiger charge is -2.35. The molecule has 0 radical (unpaired) electrons. The van der Waals surface area contributed by atoms with Crippen LogP contribution in [0.15, 0.2) is 0 Å². The molecule has 2 atom stereocenters. The number of nitrogens with zero attached hydrogens (tertiary/aromatic N) is 2. The Morgan fingerprint density at radius 3 is 2.37 bits per heavy atom. The van der Waals surface area contributed by atoms with Crippen molar-refractivity contribution in [1.29, 1.82) is 0 Å². The lowest BCUT2D eigenvalue weighted by Crippen LogP contribution is -2.49. The lowest BCUT2D eigenvalue weighted by atomic mass is 10.4. The van der Waals surface area contributed by atoms with Crippen molar-refractivity contribution in [2.24, 2.45) is 0 Å². The molecule has 0 spiro atoms. The summed E-state index contributed by atoms with van der Waals surface area (Å²) in [6.07, 6.45) is 0.0694. The van der Waals surface area contributed by atoms with Gasteiger partial charge in [0.1, 0.15) is 0 Å². The van der Waals surface area contributed by atoms with Crippen LogP contribution in [-0.4, -0.2) is 67.3 Å². The topological polar surface area (TPSA) is 66.9 Å². The number of thioether (sulfide) groups is 1. The second kappa shape index (κ2) is 6.92. The molecule has 0 aromatic heterocycles. The molecule has 1 saturated heterocycles. The van der Waals surface area contributed by atoms with Crippen LogP contribution in [-0.2, 0) is 19.7 Å². The molecule has 0 bridgehead atoms. The van der Waals surface area contributed by atoms with E-state index in [9.17, 15) is 13.2 Å². The lowest BCUT2D eigenvalue weighted by molar-refractivity contribution is -0.140. The molecule has 0 aliphatic carbocycles. The summed E-state index contributed by atoms with van der Waals surface area (Å²) in [5.41, 5.74) is 0. The number of hydrogen-bond acceptors (Lipinski definition) is 5. The number of rotatable bonds is 5. The van der Waals surface area contributed by atoms with Crippen molar-refractivity contribution in [2.45, 2.75) is 30.8 Å². The van der Waals surface area contributed by atoms with E-state index in [0.717, 1.165) is 0 Å². The number of carbonyl (C=O) groups excluding carboxylic acids is 1. The third-order valence-electron chi connectivity index (χ3n) is 2.96. The first kappa shape index (κ1) is 16.7. The molecule has 0 aromatic carbocycles. The third-order valence-corrected chi connectivity index (χ3v) is 6.11. The summed E-state index contributed by atoms with van der Waals surface area (Å²) in [6, 6.07) is 0. The van der Waals surface area contributed by atoms with Crippen LogP contribution >= 0.6 is 11.8 Å². The van der Waals surface area contributed by atoms with E-state index in [-0.39, 0.29) is 23.5 Å². The summed E-state index contributed by atoms with van der Waals surface area (Å²) < 4.78 is 32.0. The van der Waals surface area contributed by atoms with E-state index in [4.69, 9.17) is 0 Å². The smallest absolute Gasteiger partial charge is 0.306 e. The number of methoxy groups -OCH3 is 1. The fourth-order valence-corrected chi connectivity index (χ4v) is 5.04. The van der Waals surface area contributed by atoms with Crippen molar-refractivity contribution in [3.8, 4) is 0 Å². The van der Waals surface area contributed by atoms with Gasteiger partial charge in [-0.3, -0.25) is 4.79 Å². The Morgan fingerprint density at radius 1 is 1.37 bits per heavy atom. The number of hydrogen-bond donors (Lipinski definition) is 0. The summed E-state index contributed by atoms with van der Waals surface area (Å²) in [6.45, 7) is 5.22. The number of carbonyl (C=O) groups is 1. The second-order valence-electron chi connectivity index (χ2n) is 4.73. The third kappa shape index (κ3) is 4.62. The molecule has 0 aromatic rings. The monoisotopic (exact) mass is 310 g/mol. The molecule has 19 heavy (non-hydrogen) atoms. The van der Waals surface area contributed by atoms with Crippen molar-refractivity contribution in [1.82, 2.24) is 8.61 Å². The van der Waals surface area contributed by atoms with E-state index in [0.29, 0.717) is 13.1 Å². The fourth-order valence-electron chi connectivity index (χ4n) is 1.98. The molecule has 1 aliphatic rings. The average Bonchev–Trinajstić information content (AvgIpc) is 2.34.